The molecule has 5 nitrogen and oxygen atoms in total. The third kappa shape index (κ3) is 3.96. The van der Waals surface area contributed by atoms with E-state index in [9.17, 15) is 9.59 Å². The van der Waals surface area contributed by atoms with Gasteiger partial charge in [0.25, 0.3) is 11.8 Å². The van der Waals surface area contributed by atoms with Gasteiger partial charge in [-0.2, -0.15) is 0 Å². The van der Waals surface area contributed by atoms with Gasteiger partial charge < -0.3 is 10.1 Å². The second kappa shape index (κ2) is 8.66. The molecule has 0 aromatic heterocycles. The second-order valence-electron chi connectivity index (χ2n) is 6.88. The highest BCUT2D eigenvalue weighted by molar-refractivity contribution is 6.36. The van der Waals surface area contributed by atoms with Crippen LogP contribution in [0.25, 0.3) is 5.57 Å². The van der Waals surface area contributed by atoms with Gasteiger partial charge in [-0.05, 0) is 42.3 Å². The van der Waals surface area contributed by atoms with Crippen molar-refractivity contribution in [2.45, 2.75) is 13.5 Å². The molecule has 1 aliphatic heterocycles. The fourth-order valence-corrected chi connectivity index (χ4v) is 3.42. The highest BCUT2D eigenvalue weighted by Gasteiger charge is 2.39. The Morgan fingerprint density at radius 1 is 0.800 bits per heavy atom. The van der Waals surface area contributed by atoms with E-state index in [1.807, 2.05) is 91.9 Å². The lowest BCUT2D eigenvalue weighted by molar-refractivity contribution is -0.137. The van der Waals surface area contributed by atoms with Crippen molar-refractivity contribution in [2.24, 2.45) is 0 Å². The number of ether oxygens (including phenoxy) is 1. The summed E-state index contributed by atoms with van der Waals surface area (Å²) in [6.07, 6.45) is 0. The molecule has 0 saturated carbocycles. The molecule has 0 bridgehead atoms. The topological polar surface area (TPSA) is 58.6 Å². The van der Waals surface area contributed by atoms with Crippen LogP contribution in [-0.4, -0.2) is 23.3 Å². The van der Waals surface area contributed by atoms with Gasteiger partial charge in [0.05, 0.1) is 18.7 Å². The van der Waals surface area contributed by atoms with E-state index < -0.39 is 0 Å². The number of amides is 2. The summed E-state index contributed by atoms with van der Waals surface area (Å²) in [4.78, 5) is 27.8. The van der Waals surface area contributed by atoms with Crippen molar-refractivity contribution >= 4 is 23.1 Å². The first kappa shape index (κ1) is 19.5. The van der Waals surface area contributed by atoms with Crippen molar-refractivity contribution < 1.29 is 14.3 Å². The Hall–Kier alpha value is -3.86. The molecule has 0 unspecified atom stereocenters. The third-order valence-electron chi connectivity index (χ3n) is 4.85. The van der Waals surface area contributed by atoms with Gasteiger partial charge >= 0.3 is 0 Å². The van der Waals surface area contributed by atoms with Crippen molar-refractivity contribution in [1.29, 1.82) is 0 Å². The number of carbonyl (C=O) groups excluding carboxylic acids is 2. The molecule has 0 fully saturated rings. The number of rotatable bonds is 7. The first-order valence-corrected chi connectivity index (χ1v) is 9.87. The highest BCUT2D eigenvalue weighted by Crippen LogP contribution is 2.31. The van der Waals surface area contributed by atoms with Crippen molar-refractivity contribution in [3.63, 3.8) is 0 Å². The van der Waals surface area contributed by atoms with E-state index in [1.165, 1.54) is 4.90 Å². The predicted molar refractivity (Wildman–Crippen MR) is 117 cm³/mol. The average molecular weight is 398 g/mol. The minimum absolute atomic E-state index is 0.225. The number of nitrogens with one attached hydrogen (secondary N) is 1. The molecule has 0 atom stereocenters. The van der Waals surface area contributed by atoms with E-state index in [1.54, 1.807) is 0 Å². The van der Waals surface area contributed by atoms with E-state index in [0.717, 1.165) is 11.3 Å². The minimum atomic E-state index is -0.336. The average Bonchev–Trinajstić information content (AvgIpc) is 3.01. The molecule has 1 aliphatic rings. The number of benzene rings is 3. The summed E-state index contributed by atoms with van der Waals surface area (Å²) in [6, 6.07) is 26.1. The molecule has 0 radical (unpaired) electrons. The zero-order valence-electron chi connectivity index (χ0n) is 16.7. The molecule has 3 aromatic carbocycles. The lowest BCUT2D eigenvalue weighted by Gasteiger charge is -2.15. The molecular weight excluding hydrogens is 376 g/mol. The Morgan fingerprint density at radius 3 is 2.07 bits per heavy atom. The van der Waals surface area contributed by atoms with Gasteiger partial charge in [0.15, 0.2) is 0 Å². The van der Waals surface area contributed by atoms with Gasteiger partial charge in [0, 0.05) is 5.69 Å². The Labute approximate surface area is 175 Å². The number of hydrogen-bond acceptors (Lipinski definition) is 4. The van der Waals surface area contributed by atoms with E-state index in [4.69, 9.17) is 4.74 Å². The van der Waals surface area contributed by atoms with Crippen molar-refractivity contribution in [1.82, 2.24) is 4.90 Å². The van der Waals surface area contributed by atoms with Crippen LogP contribution in [0.2, 0.25) is 0 Å². The molecule has 0 aliphatic carbocycles. The summed E-state index contributed by atoms with van der Waals surface area (Å²) < 4.78 is 5.47. The van der Waals surface area contributed by atoms with E-state index in [-0.39, 0.29) is 24.1 Å². The monoisotopic (exact) mass is 398 g/mol. The Kier molecular flexibility index (Phi) is 5.61. The maximum atomic E-state index is 13.2. The summed E-state index contributed by atoms with van der Waals surface area (Å²) in [6.45, 7) is 2.73. The minimum Gasteiger partial charge on any atom is -0.494 e. The molecule has 2 amide bonds. The fourth-order valence-electron chi connectivity index (χ4n) is 3.42. The zero-order valence-corrected chi connectivity index (χ0v) is 16.7. The molecule has 1 heterocycles. The molecular formula is C25H22N2O3. The lowest BCUT2D eigenvalue weighted by Crippen LogP contribution is -2.31. The van der Waals surface area contributed by atoms with Crippen LogP contribution in [0, 0.1) is 0 Å². The van der Waals surface area contributed by atoms with Crippen LogP contribution in [0.4, 0.5) is 5.69 Å². The molecule has 5 heteroatoms. The lowest BCUT2D eigenvalue weighted by atomic mass is 10.0. The van der Waals surface area contributed by atoms with Crippen LogP contribution in [0.15, 0.2) is 90.6 Å². The van der Waals surface area contributed by atoms with Crippen LogP contribution in [-0.2, 0) is 16.1 Å². The number of nitrogens with zero attached hydrogens (tertiary/aromatic N) is 1. The smallest absolute Gasteiger partial charge is 0.278 e. The third-order valence-corrected chi connectivity index (χ3v) is 4.85. The molecule has 1 N–H and O–H groups in total. The summed E-state index contributed by atoms with van der Waals surface area (Å²) >= 11 is 0. The van der Waals surface area contributed by atoms with Crippen LogP contribution in [0.1, 0.15) is 18.1 Å². The van der Waals surface area contributed by atoms with Gasteiger partial charge in [0.1, 0.15) is 11.4 Å². The molecule has 4 rings (SSSR count). The number of hydrogen-bond donors (Lipinski definition) is 1. The molecule has 3 aromatic rings. The number of anilines is 1. The SMILES string of the molecule is CCOc1ccc(NC2=C(c3ccccc3)C(=O)N(Cc3ccccc3)C2=O)cc1. The normalized spacial score (nSPS) is 13.7. The van der Waals surface area contributed by atoms with Crippen molar-refractivity contribution in [3.05, 3.63) is 102 Å². The summed E-state index contributed by atoms with van der Waals surface area (Å²) in [7, 11) is 0. The summed E-state index contributed by atoms with van der Waals surface area (Å²) in [5.41, 5.74) is 2.98. The fraction of sp³-hybridized carbons (Fsp3) is 0.120. The summed E-state index contributed by atoms with van der Waals surface area (Å²) in [5, 5.41) is 3.17. The van der Waals surface area contributed by atoms with E-state index in [2.05, 4.69) is 5.32 Å². The summed E-state index contributed by atoms with van der Waals surface area (Å²) in [5.74, 6) is 0.111. The molecule has 0 saturated heterocycles. The van der Waals surface area contributed by atoms with Crippen LogP contribution >= 0.6 is 0 Å². The van der Waals surface area contributed by atoms with Crippen LogP contribution in [0.3, 0.4) is 0 Å². The van der Waals surface area contributed by atoms with Crippen LogP contribution < -0.4 is 10.1 Å². The van der Waals surface area contributed by atoms with Crippen molar-refractivity contribution in [3.8, 4) is 5.75 Å². The van der Waals surface area contributed by atoms with Gasteiger partial charge in [-0.1, -0.05) is 60.7 Å². The van der Waals surface area contributed by atoms with Gasteiger partial charge in [-0.25, -0.2) is 0 Å². The first-order chi connectivity index (χ1) is 14.7. The Morgan fingerprint density at radius 2 is 1.43 bits per heavy atom. The van der Waals surface area contributed by atoms with E-state index in [0.29, 0.717) is 23.4 Å². The maximum absolute atomic E-state index is 13.2. The quantitative estimate of drug-likeness (QED) is 0.596. The Bertz CT molecular complexity index is 1070. The second-order valence-corrected chi connectivity index (χ2v) is 6.88. The molecule has 0 spiro atoms. The van der Waals surface area contributed by atoms with Crippen molar-refractivity contribution in [2.75, 3.05) is 11.9 Å². The first-order valence-electron chi connectivity index (χ1n) is 9.87. The zero-order chi connectivity index (χ0) is 20.9. The van der Waals surface area contributed by atoms with Gasteiger partial charge in [0.2, 0.25) is 0 Å². The van der Waals surface area contributed by atoms with Gasteiger partial charge in [-0.15, -0.1) is 0 Å². The maximum Gasteiger partial charge on any atom is 0.278 e. The van der Waals surface area contributed by atoms with Crippen LogP contribution in [0.5, 0.6) is 5.75 Å². The number of carbonyl (C=O) groups is 2. The molecule has 150 valence electrons. The standard InChI is InChI=1S/C25H22N2O3/c1-2-30-21-15-13-20(14-16-21)26-23-22(19-11-7-4-8-12-19)24(28)27(25(23)29)17-18-9-5-3-6-10-18/h3-16,26H,2,17H2,1H3. The predicted octanol–water partition coefficient (Wildman–Crippen LogP) is 4.48. The highest BCUT2D eigenvalue weighted by atomic mass is 16.5. The Balaban J connectivity index is 1.68. The number of imide groups is 1. The van der Waals surface area contributed by atoms with Gasteiger partial charge in [-0.3, -0.25) is 14.5 Å². The molecule has 30 heavy (non-hydrogen) atoms. The largest absolute Gasteiger partial charge is 0.494 e. The van der Waals surface area contributed by atoms with E-state index >= 15 is 0 Å².